The Morgan fingerprint density at radius 3 is 2.52 bits per heavy atom. The van der Waals surface area contributed by atoms with Crippen molar-refractivity contribution in [3.8, 4) is 0 Å². The average Bonchev–Trinajstić information content (AvgIpc) is 2.36. The summed E-state index contributed by atoms with van der Waals surface area (Å²) in [6.45, 7) is 0.721. The average molecular weight is 331 g/mol. The number of piperidine rings is 1. The monoisotopic (exact) mass is 331 g/mol. The van der Waals surface area contributed by atoms with Gasteiger partial charge in [-0.15, -0.1) is 0 Å². The summed E-state index contributed by atoms with van der Waals surface area (Å²) in [5, 5.41) is 6.14. The van der Waals surface area contributed by atoms with Crippen LogP contribution in [0.4, 0.5) is 13.2 Å². The third-order valence-electron chi connectivity index (χ3n) is 3.74. The number of nitrogens with zero attached hydrogens (tertiary/aromatic N) is 1. The summed E-state index contributed by atoms with van der Waals surface area (Å²) >= 11 is 0. The first-order valence-corrected chi connectivity index (χ1v) is 8.36. The highest BCUT2D eigenvalue weighted by Gasteiger charge is 2.49. The first kappa shape index (κ1) is 18.2. The third kappa shape index (κ3) is 4.84. The van der Waals surface area contributed by atoms with E-state index in [4.69, 9.17) is 5.11 Å². The van der Waals surface area contributed by atoms with Crippen molar-refractivity contribution >= 4 is 16.0 Å². The quantitative estimate of drug-likeness (QED) is 0.811. The number of carbonyl (C=O) groups is 1. The Kier molecular flexibility index (Phi) is 6.03. The Morgan fingerprint density at radius 2 is 2.00 bits per heavy atom. The Labute approximate surface area is 122 Å². The molecule has 1 saturated heterocycles. The molecule has 0 saturated carbocycles. The lowest BCUT2D eigenvalue weighted by atomic mass is 10.00. The second kappa shape index (κ2) is 6.95. The predicted molar refractivity (Wildman–Crippen MR) is 70.3 cm³/mol. The van der Waals surface area contributed by atoms with E-state index in [0.717, 1.165) is 10.7 Å². The molecule has 21 heavy (non-hydrogen) atoms. The zero-order valence-corrected chi connectivity index (χ0v) is 12.6. The highest BCUT2D eigenvalue weighted by molar-refractivity contribution is 7.89. The van der Waals surface area contributed by atoms with E-state index < -0.39 is 33.5 Å². The molecule has 9 heteroatoms. The molecule has 0 aliphatic carbocycles. The van der Waals surface area contributed by atoms with Gasteiger partial charge in [0.25, 0.3) is 0 Å². The molecule has 1 heterocycles. The van der Waals surface area contributed by atoms with Gasteiger partial charge in [-0.2, -0.15) is 17.5 Å². The fourth-order valence-corrected chi connectivity index (χ4v) is 4.21. The molecule has 124 valence electrons. The maximum atomic E-state index is 12.7. The number of alkyl halides is 3. The zero-order valence-electron chi connectivity index (χ0n) is 11.8. The fraction of sp³-hybridized carbons (Fsp3) is 0.917. The topological polar surface area (TPSA) is 74.7 Å². The zero-order chi connectivity index (χ0) is 16.3. The lowest BCUT2D eigenvalue weighted by Gasteiger charge is -2.36. The Morgan fingerprint density at radius 1 is 1.38 bits per heavy atom. The Bertz CT molecular complexity index is 464. The minimum absolute atomic E-state index is 0.0699. The van der Waals surface area contributed by atoms with Crippen molar-refractivity contribution < 1.29 is 31.5 Å². The number of carboxylic acid groups (broad SMARTS) is 1. The maximum absolute atomic E-state index is 12.7. The van der Waals surface area contributed by atoms with Crippen LogP contribution in [-0.2, 0) is 14.8 Å². The maximum Gasteiger partial charge on any atom is 0.406 e. The molecule has 0 aromatic rings. The van der Waals surface area contributed by atoms with E-state index in [-0.39, 0.29) is 25.8 Å². The molecule has 1 rings (SSSR count). The van der Waals surface area contributed by atoms with E-state index in [1.807, 2.05) is 0 Å². The second-order valence-electron chi connectivity index (χ2n) is 5.28. The van der Waals surface area contributed by atoms with Gasteiger partial charge in [0.15, 0.2) is 5.25 Å². The number of rotatable bonds is 6. The van der Waals surface area contributed by atoms with E-state index >= 15 is 0 Å². The van der Waals surface area contributed by atoms with Gasteiger partial charge < -0.3 is 5.11 Å². The molecular weight excluding hydrogens is 311 g/mol. The van der Waals surface area contributed by atoms with Crippen LogP contribution in [0, 0.1) is 0 Å². The highest BCUT2D eigenvalue weighted by atomic mass is 32.2. The molecule has 0 aromatic carbocycles. The summed E-state index contributed by atoms with van der Waals surface area (Å²) in [4.78, 5) is 10.5. The van der Waals surface area contributed by atoms with Crippen LogP contribution < -0.4 is 0 Å². The summed E-state index contributed by atoms with van der Waals surface area (Å²) < 4.78 is 63.3. The number of sulfonamides is 1. The van der Waals surface area contributed by atoms with Gasteiger partial charge in [0.2, 0.25) is 10.0 Å². The summed E-state index contributed by atoms with van der Waals surface area (Å²) in [5.41, 5.74) is 0. The van der Waals surface area contributed by atoms with Crippen LogP contribution in [0.2, 0.25) is 0 Å². The van der Waals surface area contributed by atoms with Crippen molar-refractivity contribution in [3.63, 3.8) is 0 Å². The molecule has 2 unspecified atom stereocenters. The van der Waals surface area contributed by atoms with Gasteiger partial charge in [0, 0.05) is 19.0 Å². The molecule has 0 spiro atoms. The Balaban J connectivity index is 2.82. The van der Waals surface area contributed by atoms with Crippen molar-refractivity contribution in [2.24, 2.45) is 0 Å². The largest absolute Gasteiger partial charge is 0.481 e. The molecule has 1 aliphatic rings. The van der Waals surface area contributed by atoms with Crippen molar-refractivity contribution in [1.29, 1.82) is 0 Å². The molecule has 0 amide bonds. The van der Waals surface area contributed by atoms with E-state index in [9.17, 15) is 26.4 Å². The number of aliphatic carboxylic acids is 1. The summed E-state index contributed by atoms with van der Waals surface area (Å²) in [6.07, 6.45) is -2.64. The molecule has 1 N–H and O–H groups in total. The summed E-state index contributed by atoms with van der Waals surface area (Å²) in [7, 11) is -4.46. The van der Waals surface area contributed by atoms with Gasteiger partial charge >= 0.3 is 12.1 Å². The van der Waals surface area contributed by atoms with Crippen molar-refractivity contribution in [2.75, 3.05) is 6.54 Å². The van der Waals surface area contributed by atoms with Crippen LogP contribution in [0.1, 0.15) is 45.4 Å². The molecule has 0 bridgehead atoms. The lowest BCUT2D eigenvalue weighted by Crippen LogP contribution is -2.50. The third-order valence-corrected chi connectivity index (χ3v) is 6.03. The smallest absolute Gasteiger partial charge is 0.406 e. The van der Waals surface area contributed by atoms with Crippen LogP contribution in [0.15, 0.2) is 0 Å². The van der Waals surface area contributed by atoms with E-state index in [0.29, 0.717) is 19.8 Å². The molecule has 0 radical (unpaired) electrons. The van der Waals surface area contributed by atoms with Crippen LogP contribution in [0.3, 0.4) is 0 Å². The number of halogens is 3. The van der Waals surface area contributed by atoms with Crippen molar-refractivity contribution in [1.82, 2.24) is 4.31 Å². The highest BCUT2D eigenvalue weighted by Crippen LogP contribution is 2.32. The van der Waals surface area contributed by atoms with Crippen LogP contribution in [0.5, 0.6) is 0 Å². The number of carboxylic acids is 1. The Hall–Kier alpha value is -0.830. The fourth-order valence-electron chi connectivity index (χ4n) is 2.46. The summed E-state index contributed by atoms with van der Waals surface area (Å²) in [6, 6.07) is -0.534. The molecule has 2 atom stereocenters. The van der Waals surface area contributed by atoms with Crippen LogP contribution >= 0.6 is 0 Å². The SMILES string of the molecule is CC(C(F)(F)F)S(=O)(=O)N1CCCCC1CCCC(=O)O. The summed E-state index contributed by atoms with van der Waals surface area (Å²) in [5.74, 6) is -0.996. The van der Waals surface area contributed by atoms with Gasteiger partial charge in [-0.05, 0) is 32.6 Å². The van der Waals surface area contributed by atoms with E-state index in [1.54, 1.807) is 0 Å². The lowest BCUT2D eigenvalue weighted by molar-refractivity contribution is -0.137. The van der Waals surface area contributed by atoms with Gasteiger partial charge in [0.05, 0.1) is 0 Å². The standard InChI is InChI=1S/C12H20F3NO4S/c1-9(12(13,14)15)21(19,20)16-8-3-2-5-10(16)6-4-7-11(17)18/h9-10H,2-8H2,1H3,(H,17,18). The molecule has 5 nitrogen and oxygen atoms in total. The van der Waals surface area contributed by atoms with Crippen molar-refractivity contribution in [3.05, 3.63) is 0 Å². The number of hydrogen-bond acceptors (Lipinski definition) is 3. The number of hydrogen-bond donors (Lipinski definition) is 1. The van der Waals surface area contributed by atoms with Gasteiger partial charge in [-0.3, -0.25) is 4.79 Å². The molecule has 1 aliphatic heterocycles. The van der Waals surface area contributed by atoms with E-state index in [1.165, 1.54) is 0 Å². The first-order chi connectivity index (χ1) is 9.56. The normalized spacial score (nSPS) is 23.0. The van der Waals surface area contributed by atoms with Gasteiger partial charge in [-0.25, -0.2) is 8.42 Å². The van der Waals surface area contributed by atoms with Gasteiger partial charge in [0.1, 0.15) is 0 Å². The van der Waals surface area contributed by atoms with E-state index in [2.05, 4.69) is 0 Å². The first-order valence-electron chi connectivity index (χ1n) is 6.86. The van der Waals surface area contributed by atoms with Crippen LogP contribution in [0.25, 0.3) is 0 Å². The van der Waals surface area contributed by atoms with Crippen LogP contribution in [-0.4, -0.2) is 47.8 Å². The molecule has 0 aromatic heterocycles. The van der Waals surface area contributed by atoms with Gasteiger partial charge in [-0.1, -0.05) is 6.42 Å². The van der Waals surface area contributed by atoms with Crippen molar-refractivity contribution in [2.45, 2.75) is 62.9 Å². The minimum atomic E-state index is -4.80. The minimum Gasteiger partial charge on any atom is -0.481 e. The predicted octanol–water partition coefficient (Wildman–Crippen LogP) is 2.38. The molecule has 1 fully saturated rings. The second-order valence-corrected chi connectivity index (χ2v) is 7.48. The molecular formula is C12H20F3NO4S.